The number of para-hydroxylation sites is 1. The summed E-state index contributed by atoms with van der Waals surface area (Å²) in [6.45, 7) is 5.54. The van der Waals surface area contributed by atoms with Crippen LogP contribution in [0.15, 0.2) is 54.2 Å². The molecule has 0 saturated carbocycles. The van der Waals surface area contributed by atoms with E-state index in [0.717, 1.165) is 44.0 Å². The second-order valence-electron chi connectivity index (χ2n) is 7.73. The van der Waals surface area contributed by atoms with Crippen LogP contribution in [0.25, 0.3) is 6.08 Å². The molecule has 5 nitrogen and oxygen atoms in total. The van der Waals surface area contributed by atoms with Gasteiger partial charge in [-0.2, -0.15) is 0 Å². The Morgan fingerprint density at radius 1 is 0.862 bits per heavy atom. The minimum Gasteiger partial charge on any atom is -0.368 e. The van der Waals surface area contributed by atoms with E-state index < -0.39 is 0 Å². The molecule has 6 heteroatoms. The Morgan fingerprint density at radius 3 is 2.28 bits per heavy atom. The van der Waals surface area contributed by atoms with Crippen molar-refractivity contribution >= 4 is 35.0 Å². The van der Waals surface area contributed by atoms with E-state index in [0.29, 0.717) is 17.3 Å². The summed E-state index contributed by atoms with van der Waals surface area (Å²) in [5.41, 5.74) is 3.88. The van der Waals surface area contributed by atoms with Crippen LogP contribution in [0, 0.1) is 0 Å². The zero-order valence-electron chi connectivity index (χ0n) is 17.0. The van der Waals surface area contributed by atoms with E-state index in [2.05, 4.69) is 39.9 Å². The number of nitrogens with zero attached hydrogens (tertiary/aromatic N) is 4. The van der Waals surface area contributed by atoms with E-state index in [4.69, 9.17) is 11.6 Å². The quantitative estimate of drug-likeness (QED) is 0.725. The fraction of sp³-hybridized carbons (Fsp3) is 0.348. The summed E-state index contributed by atoms with van der Waals surface area (Å²) in [4.78, 5) is 22.0. The van der Waals surface area contributed by atoms with Gasteiger partial charge in [0.1, 0.15) is 5.70 Å². The average Bonchev–Trinajstić information content (AvgIpc) is 2.73. The molecule has 2 fully saturated rings. The third-order valence-corrected chi connectivity index (χ3v) is 6.00. The van der Waals surface area contributed by atoms with Crippen molar-refractivity contribution in [3.63, 3.8) is 0 Å². The highest BCUT2D eigenvalue weighted by atomic mass is 35.5. The molecule has 0 unspecified atom stereocenters. The van der Waals surface area contributed by atoms with E-state index in [-0.39, 0.29) is 5.91 Å². The molecule has 29 heavy (non-hydrogen) atoms. The summed E-state index contributed by atoms with van der Waals surface area (Å²) < 4.78 is 0. The summed E-state index contributed by atoms with van der Waals surface area (Å²) in [6, 6.07) is 15.8. The first-order chi connectivity index (χ1) is 14.0. The maximum absolute atomic E-state index is 13.3. The van der Waals surface area contributed by atoms with Gasteiger partial charge in [-0.15, -0.1) is 0 Å². The highest BCUT2D eigenvalue weighted by molar-refractivity contribution is 6.30. The van der Waals surface area contributed by atoms with Crippen molar-refractivity contribution in [3.8, 4) is 0 Å². The van der Waals surface area contributed by atoms with E-state index in [9.17, 15) is 4.79 Å². The zero-order valence-corrected chi connectivity index (χ0v) is 17.8. The van der Waals surface area contributed by atoms with Crippen LogP contribution in [-0.4, -0.2) is 69.1 Å². The Balaban J connectivity index is 1.64. The molecule has 0 aliphatic carbocycles. The summed E-state index contributed by atoms with van der Waals surface area (Å²) in [5, 5.41) is 0.673. The molecule has 2 aromatic carbocycles. The topological polar surface area (TPSA) is 30.0 Å². The van der Waals surface area contributed by atoms with Crippen LogP contribution in [0.5, 0.6) is 0 Å². The molecule has 2 saturated heterocycles. The highest BCUT2D eigenvalue weighted by Gasteiger charge is 2.28. The van der Waals surface area contributed by atoms with Crippen molar-refractivity contribution in [2.45, 2.75) is 0 Å². The monoisotopic (exact) mass is 410 g/mol. The number of piperazine rings is 2. The van der Waals surface area contributed by atoms with Crippen LogP contribution < -0.4 is 9.80 Å². The first-order valence-electron chi connectivity index (χ1n) is 10.1. The lowest BCUT2D eigenvalue weighted by molar-refractivity contribution is -0.117. The zero-order chi connectivity index (χ0) is 20.4. The van der Waals surface area contributed by atoms with Gasteiger partial charge in [-0.25, -0.2) is 0 Å². The van der Waals surface area contributed by atoms with Gasteiger partial charge < -0.3 is 19.6 Å². The molecule has 2 aliphatic rings. The summed E-state index contributed by atoms with van der Waals surface area (Å²) >= 11 is 6.02. The molecule has 0 atom stereocenters. The number of halogens is 1. The molecule has 2 heterocycles. The lowest BCUT2D eigenvalue weighted by Gasteiger charge is -2.36. The third-order valence-electron chi connectivity index (χ3n) is 5.75. The van der Waals surface area contributed by atoms with Gasteiger partial charge in [0, 0.05) is 68.3 Å². The smallest absolute Gasteiger partial charge is 0.274 e. The Bertz CT molecular complexity index is 903. The molecule has 152 valence electrons. The highest BCUT2D eigenvalue weighted by Crippen LogP contribution is 2.28. The largest absolute Gasteiger partial charge is 0.368 e. The van der Waals surface area contributed by atoms with E-state index in [1.165, 1.54) is 5.69 Å². The lowest BCUT2D eigenvalue weighted by Crippen LogP contribution is -2.47. The van der Waals surface area contributed by atoms with Crippen molar-refractivity contribution in [1.29, 1.82) is 0 Å². The summed E-state index contributed by atoms with van der Waals surface area (Å²) in [5.74, 6) is 0.0225. The molecule has 4 rings (SSSR count). The second-order valence-corrected chi connectivity index (χ2v) is 8.17. The fourth-order valence-corrected chi connectivity index (χ4v) is 4.03. The number of amides is 1. The van der Waals surface area contributed by atoms with Crippen molar-refractivity contribution < 1.29 is 4.79 Å². The molecule has 0 bridgehead atoms. The maximum atomic E-state index is 13.3. The molecular formula is C23H27ClN4O. The van der Waals surface area contributed by atoms with Crippen LogP contribution in [-0.2, 0) is 4.79 Å². The predicted molar refractivity (Wildman–Crippen MR) is 121 cm³/mol. The number of hydrogen-bond acceptors (Lipinski definition) is 4. The predicted octanol–water partition coefficient (Wildman–Crippen LogP) is 3.41. The van der Waals surface area contributed by atoms with Gasteiger partial charge in [-0.3, -0.25) is 4.79 Å². The number of anilines is 2. The number of hydrogen-bond donors (Lipinski definition) is 0. The number of likely N-dealkylation sites (N-methyl/N-ethyl adjacent to an activating group) is 2. The van der Waals surface area contributed by atoms with Gasteiger partial charge in [0.05, 0.1) is 0 Å². The Labute approximate surface area is 177 Å². The summed E-state index contributed by atoms with van der Waals surface area (Å²) in [6.07, 6.45) is 2.04. The van der Waals surface area contributed by atoms with Crippen LogP contribution in [0.3, 0.4) is 0 Å². The van der Waals surface area contributed by atoms with Crippen molar-refractivity contribution in [2.24, 2.45) is 0 Å². The van der Waals surface area contributed by atoms with E-state index >= 15 is 0 Å². The van der Waals surface area contributed by atoms with E-state index in [1.807, 2.05) is 48.4 Å². The first kappa shape index (κ1) is 19.8. The van der Waals surface area contributed by atoms with Gasteiger partial charge in [0.2, 0.25) is 0 Å². The third kappa shape index (κ3) is 4.26. The van der Waals surface area contributed by atoms with Gasteiger partial charge in [0.25, 0.3) is 5.91 Å². The molecule has 0 aromatic heterocycles. The standard InChI is InChI=1S/C23H27ClN4O/c1-25-11-14-27(15-12-25)21-6-4-3-5-18(21)17-22-23(29)28(16-13-26(22)2)20-9-7-19(24)8-10-20/h3-10,17H,11-16H2,1-2H3. The Morgan fingerprint density at radius 2 is 1.55 bits per heavy atom. The molecular weight excluding hydrogens is 384 g/mol. The number of rotatable bonds is 3. The van der Waals surface area contributed by atoms with Crippen molar-refractivity contribution in [2.75, 3.05) is 63.2 Å². The summed E-state index contributed by atoms with van der Waals surface area (Å²) in [7, 11) is 4.15. The fourth-order valence-electron chi connectivity index (χ4n) is 3.91. The number of benzene rings is 2. The molecule has 2 aliphatic heterocycles. The van der Waals surface area contributed by atoms with Gasteiger partial charge >= 0.3 is 0 Å². The molecule has 0 radical (unpaired) electrons. The van der Waals surface area contributed by atoms with Gasteiger partial charge in [-0.05, 0) is 43.5 Å². The molecule has 2 aromatic rings. The maximum Gasteiger partial charge on any atom is 0.274 e. The normalized spacial score (nSPS) is 19.9. The van der Waals surface area contributed by atoms with Crippen LogP contribution in [0.1, 0.15) is 5.56 Å². The van der Waals surface area contributed by atoms with Crippen molar-refractivity contribution in [1.82, 2.24) is 9.80 Å². The average molecular weight is 411 g/mol. The minimum atomic E-state index is 0.0225. The first-order valence-corrected chi connectivity index (χ1v) is 10.4. The molecule has 0 spiro atoms. The second kappa shape index (κ2) is 8.47. The number of carbonyl (C=O) groups excluding carboxylic acids is 1. The van der Waals surface area contributed by atoms with Gasteiger partial charge in [0.15, 0.2) is 0 Å². The van der Waals surface area contributed by atoms with Gasteiger partial charge in [-0.1, -0.05) is 29.8 Å². The van der Waals surface area contributed by atoms with Crippen LogP contribution in [0.4, 0.5) is 11.4 Å². The number of carbonyl (C=O) groups is 1. The molecule has 0 N–H and O–H groups in total. The SMILES string of the molecule is CN1CCN(c2ccccc2C=C2C(=O)N(c3ccc(Cl)cc3)CCN2C)CC1. The lowest BCUT2D eigenvalue weighted by atomic mass is 10.1. The molecule has 1 amide bonds. The van der Waals surface area contributed by atoms with Crippen LogP contribution >= 0.6 is 11.6 Å². The minimum absolute atomic E-state index is 0.0225. The van der Waals surface area contributed by atoms with Crippen LogP contribution in [0.2, 0.25) is 5.02 Å². The Hall–Kier alpha value is -2.50. The van der Waals surface area contributed by atoms with Crippen molar-refractivity contribution in [3.05, 3.63) is 64.8 Å². The Kier molecular flexibility index (Phi) is 5.79. The van der Waals surface area contributed by atoms with E-state index in [1.54, 1.807) is 0 Å².